The van der Waals surface area contributed by atoms with Gasteiger partial charge in [-0.3, -0.25) is 29.4 Å². The predicted octanol–water partition coefficient (Wildman–Crippen LogP) is 18.2. The van der Waals surface area contributed by atoms with Crippen LogP contribution in [0.1, 0.15) is 330 Å². The number of aliphatic hydroxyl groups is 6. The molecule has 0 radical (unpaired) electrons. The first-order valence-corrected chi connectivity index (χ1v) is 47.4. The zero-order valence-corrected chi connectivity index (χ0v) is 82.3. The average molecular weight is 1970 g/mol. The summed E-state index contributed by atoms with van der Waals surface area (Å²) in [6, 6.07) is -3.93. The molecule has 0 amide bonds. The highest BCUT2D eigenvalue weighted by Gasteiger charge is 2.47. The predicted molar refractivity (Wildman–Crippen MR) is 547 cm³/mol. The molecule has 18 rings (SSSR count). The molecule has 0 aliphatic carbocycles. The van der Waals surface area contributed by atoms with Gasteiger partial charge in [-0.1, -0.05) is 82.8 Å². The van der Waals surface area contributed by atoms with Gasteiger partial charge in [-0.2, -0.15) is 0 Å². The van der Waals surface area contributed by atoms with E-state index in [0.29, 0.717) is 132 Å². The van der Waals surface area contributed by atoms with Gasteiger partial charge in [0.05, 0.1) is 152 Å². The molecule has 0 aromatic heterocycles. The fraction of sp³-hybridized carbons (Fsp3) is 0.684. The van der Waals surface area contributed by atoms with Crippen LogP contribution in [-0.2, 0) is 38.5 Å². The van der Waals surface area contributed by atoms with Gasteiger partial charge < -0.3 is 87.5 Å². The first-order valence-electron chi connectivity index (χ1n) is 71.9. The van der Waals surface area contributed by atoms with Crippen LogP contribution >= 0.6 is 0 Å². The molecule has 0 bridgehead atoms. The van der Waals surface area contributed by atoms with Gasteiger partial charge in [0.1, 0.15) is 0 Å². The molecule has 24 nitrogen and oxygen atoms in total. The van der Waals surface area contributed by atoms with Crippen LogP contribution in [0.2, 0.25) is 0 Å². The summed E-state index contributed by atoms with van der Waals surface area (Å²) in [5.74, 6) is -15.9. The van der Waals surface area contributed by atoms with Gasteiger partial charge in [0, 0.05) is 152 Å². The van der Waals surface area contributed by atoms with Crippen molar-refractivity contribution < 1.29 is 155 Å². The van der Waals surface area contributed by atoms with Crippen LogP contribution in [0.4, 0.5) is 0 Å². The van der Waals surface area contributed by atoms with Gasteiger partial charge in [-0.15, -0.1) is 0 Å². The molecule has 0 saturated carbocycles. The zero-order chi connectivity index (χ0) is 142. The quantitative estimate of drug-likeness (QED) is 0.0329. The zero-order valence-electron chi connectivity index (χ0n) is 131. The first kappa shape index (κ1) is 59.6. The molecule has 12 heterocycles. The van der Waals surface area contributed by atoms with E-state index >= 15 is 0 Å². The van der Waals surface area contributed by atoms with Gasteiger partial charge in [0.15, 0.2) is 69.0 Å². The normalized spacial score (nSPS) is 36.8. The lowest BCUT2D eigenvalue weighted by Gasteiger charge is -2.46. The van der Waals surface area contributed by atoms with Crippen LogP contribution in [0.3, 0.4) is 0 Å². The van der Waals surface area contributed by atoms with Crippen LogP contribution in [-0.4, -0.2) is 260 Å². The minimum atomic E-state index is -2.92. The maximum absolute atomic E-state index is 11.0. The molecular formula is C114H174N6O18. The lowest BCUT2D eigenvalue weighted by molar-refractivity contribution is -0.0192. The van der Waals surface area contributed by atoms with Crippen molar-refractivity contribution in [1.82, 2.24) is 29.4 Å². The standard InChI is InChI=1S/6C19H29NO3/c6*1-12(2)7-14-11-20-6-5-13-8-18(22-3)19(23-4)9-15(13)16(20)10-17(14)21/h6*8-9,12,14,16-17,21H,5-7,10-11H2,1-4H3/i2*1D3,4D3,7D2,8D,9D,12D;8D,9D,10D2,14D,17D;2*1D3,7D2,8D,9D,12D;4D3,8D,9D. The maximum Gasteiger partial charge on any atom is 0.161 e. The average Bonchev–Trinajstić information content (AvgIpc) is 0.687. The number of ether oxygens (including phenoxy) is 12. The van der Waals surface area contributed by atoms with Gasteiger partial charge >= 0.3 is 0 Å². The Hall–Kier alpha value is -7.56. The summed E-state index contributed by atoms with van der Waals surface area (Å²) < 4.78 is 459. The third-order valence-electron chi connectivity index (χ3n) is 27.8. The largest absolute Gasteiger partial charge is 0.493 e. The molecule has 22 atom stereocenters. The molecule has 22 unspecified atom stereocenters. The molecule has 6 saturated heterocycles. The Labute approximate surface area is 896 Å². The summed E-state index contributed by atoms with van der Waals surface area (Å²) in [4.78, 5) is 11.4. The molecule has 24 heteroatoms. The Kier molecular flexibility index (Phi) is 21.2. The third kappa shape index (κ3) is 25.4. The van der Waals surface area contributed by atoms with E-state index in [4.69, 9.17) is 124 Å². The highest BCUT2D eigenvalue weighted by Crippen LogP contribution is 2.52. The molecule has 6 N–H and O–H groups in total. The topological polar surface area (TPSA) is 252 Å². The third-order valence-corrected chi connectivity index (χ3v) is 27.8. The Morgan fingerprint density at radius 2 is 0.507 bits per heavy atom. The number of rotatable bonds is 24. The number of fused-ring (bicyclic) bond motifs is 18. The van der Waals surface area contributed by atoms with Crippen molar-refractivity contribution in [2.45, 2.75) is 271 Å². The molecule has 6 aromatic carbocycles. The van der Waals surface area contributed by atoms with Crippen LogP contribution in [0, 0.1) is 70.9 Å². The van der Waals surface area contributed by atoms with Crippen LogP contribution in [0.15, 0.2) is 72.5 Å². The Morgan fingerprint density at radius 3 is 0.725 bits per heavy atom. The van der Waals surface area contributed by atoms with Crippen molar-refractivity contribution in [3.63, 3.8) is 0 Å². The Balaban J connectivity index is 0.000000182. The van der Waals surface area contributed by atoms with E-state index in [1.165, 1.54) is 64.0 Å². The van der Waals surface area contributed by atoms with Crippen molar-refractivity contribution in [3.8, 4) is 69.0 Å². The number of hydrogen-bond acceptors (Lipinski definition) is 24. The SMILES string of the molecule is [2H]c1c2c(c([2H])c(OC([2H])([2H])[2H])c1OC)C1CC(O)C(C([2H])([2H])C([2H])(C)C([2H])([2H])[2H])CN1CC2.[2H]c1c2c(c([2H])c(OC([2H])([2H])[2H])c1OC)C1CC(O)C(C([2H])([2H])C([2H])(C)C([2H])([2H])[2H])CN1CC2.[2H]c1c2c(c([2H])c(OC([2H])([2H])[2H])c1OC)C1CC(O)C(CC(C)C)CN1CC2.[2H]c1c2c(c([2H])c(OC)c1OC)C1CC(O)C(C([2H])([2H])C([2H])(C)C([2H])([2H])[2H])CN1CC2.[2H]c1c2c(c([2H])c(OC)c1OC)C1CC(O)C(C([2H])([2H])C([2H])(C)C([2H])([2H])[2H])CN1CC2.[2H]c1c2c(c([2H])c(OC)c1OC)C1N(CC2)CC([2H])(CC(C)C)C([2H])(O)C1([2H])[2H]. The number of hydrogen-bond donors (Lipinski definition) is 6. The van der Waals surface area contributed by atoms with E-state index in [2.05, 4.69) is 18.7 Å². The summed E-state index contributed by atoms with van der Waals surface area (Å²) in [5, 5.41) is 65.4. The molecule has 6 fully saturated rings. The fourth-order valence-corrected chi connectivity index (χ4v) is 21.4. The molecule has 12 aliphatic rings. The summed E-state index contributed by atoms with van der Waals surface area (Å²) in [5.41, 5.74) is 5.91. The second kappa shape index (κ2) is 49.1. The van der Waals surface area contributed by atoms with Gasteiger partial charge in [-0.25, -0.2) is 0 Å². The minimum absolute atomic E-state index is 0.00439. The lowest BCUT2D eigenvalue weighted by atomic mass is 9.79. The van der Waals surface area contributed by atoms with Gasteiger partial charge in [-0.05, 0) is 326 Å². The summed E-state index contributed by atoms with van der Waals surface area (Å²) in [7, 11) is 3.69. The van der Waals surface area contributed by atoms with Crippen molar-refractivity contribution in [2.24, 2.45) is 70.9 Å². The van der Waals surface area contributed by atoms with Gasteiger partial charge in [0.25, 0.3) is 0 Å². The Morgan fingerprint density at radius 1 is 0.304 bits per heavy atom. The maximum atomic E-state index is 11.0. The van der Waals surface area contributed by atoms with Crippen LogP contribution in [0.5, 0.6) is 69.0 Å². The number of benzene rings is 6. The second-order valence-corrected chi connectivity index (χ2v) is 38.0. The summed E-state index contributed by atoms with van der Waals surface area (Å²) in [6.45, 7) is 3.99. The Bertz CT molecular complexity index is 7040. The number of aliphatic hydroxyl groups excluding tert-OH is 5. The molecule has 6 aromatic rings. The monoisotopic (exact) mass is 1960 g/mol. The van der Waals surface area contributed by atoms with Crippen LogP contribution < -0.4 is 56.8 Å². The summed E-state index contributed by atoms with van der Waals surface area (Å²) >= 11 is 0. The van der Waals surface area contributed by atoms with Crippen molar-refractivity contribution in [3.05, 3.63) is 139 Å². The van der Waals surface area contributed by atoms with Crippen molar-refractivity contribution in [1.29, 1.82) is 0 Å². The van der Waals surface area contributed by atoms with Crippen LogP contribution in [0.25, 0.3) is 0 Å². The lowest BCUT2D eigenvalue weighted by Crippen LogP contribution is -2.48. The second-order valence-electron chi connectivity index (χ2n) is 38.0. The molecular weight excluding hydrogens is 1740 g/mol. The molecule has 0 spiro atoms. The van der Waals surface area contributed by atoms with E-state index in [1.54, 1.807) is 14.7 Å². The fourth-order valence-electron chi connectivity index (χ4n) is 21.4. The minimum Gasteiger partial charge on any atom is -0.493 e. The first-order chi connectivity index (χ1) is 85.5. The highest BCUT2D eigenvalue weighted by atomic mass is 16.5. The van der Waals surface area contributed by atoms with Crippen molar-refractivity contribution >= 4 is 0 Å². The number of nitrogens with zero attached hydrogens (tertiary/aromatic N) is 6. The van der Waals surface area contributed by atoms with E-state index in [-0.39, 0.29) is 231 Å². The van der Waals surface area contributed by atoms with Gasteiger partial charge in [0.2, 0.25) is 0 Å². The highest BCUT2D eigenvalue weighted by molar-refractivity contribution is 5.55. The molecule has 768 valence electrons. The molecule has 12 aliphatic heterocycles. The number of piperidine rings is 6. The van der Waals surface area contributed by atoms with E-state index < -0.39 is 212 Å². The van der Waals surface area contributed by atoms with Crippen molar-refractivity contribution in [2.75, 3.05) is 164 Å². The smallest absolute Gasteiger partial charge is 0.161 e. The van der Waals surface area contributed by atoms with E-state index in [0.717, 1.165) is 47.2 Å². The van der Waals surface area contributed by atoms with E-state index in [9.17, 15) is 30.6 Å². The van der Waals surface area contributed by atoms with E-state index in [1.807, 2.05) is 23.6 Å². The number of methoxy groups -OCH3 is 12. The molecule has 138 heavy (non-hydrogen) atoms. The summed E-state index contributed by atoms with van der Waals surface area (Å²) in [6.07, 6.45) is -17.0.